The van der Waals surface area contributed by atoms with Crippen LogP contribution in [0.3, 0.4) is 0 Å². The van der Waals surface area contributed by atoms with Gasteiger partial charge in [-0.2, -0.15) is 0 Å². The average Bonchev–Trinajstić information content (AvgIpc) is 2.28. The second kappa shape index (κ2) is 6.64. The number of rotatable bonds is 4. The molecule has 1 aliphatic rings. The zero-order valence-corrected chi connectivity index (χ0v) is 13.8. The number of alkyl carbamates (subject to hydrolysis) is 1. The molecule has 6 nitrogen and oxygen atoms in total. The second-order valence-corrected chi connectivity index (χ2v) is 7.33. The van der Waals surface area contributed by atoms with Gasteiger partial charge in [-0.05, 0) is 60.3 Å². The minimum absolute atomic E-state index is 0.134. The largest absolute Gasteiger partial charge is 0.444 e. The highest BCUT2D eigenvalue weighted by atomic mass is 16.6. The fourth-order valence-electron chi connectivity index (χ4n) is 2.44. The molecule has 6 heteroatoms. The summed E-state index contributed by atoms with van der Waals surface area (Å²) in [5.74, 6) is -0.350. The summed E-state index contributed by atoms with van der Waals surface area (Å²) in [6, 6.07) is 0.388. The van der Waals surface area contributed by atoms with Crippen LogP contribution < -0.4 is 16.4 Å². The molecule has 2 amide bonds. The van der Waals surface area contributed by atoms with Gasteiger partial charge in [-0.15, -0.1) is 0 Å². The van der Waals surface area contributed by atoms with Crippen molar-refractivity contribution in [3.05, 3.63) is 0 Å². The predicted octanol–water partition coefficient (Wildman–Crippen LogP) is 1.68. The van der Waals surface area contributed by atoms with E-state index in [1.807, 2.05) is 20.8 Å². The van der Waals surface area contributed by atoms with E-state index in [4.69, 9.17) is 10.5 Å². The van der Waals surface area contributed by atoms with E-state index in [1.165, 1.54) is 0 Å². The van der Waals surface area contributed by atoms with Gasteiger partial charge in [0.25, 0.3) is 0 Å². The van der Waals surface area contributed by atoms with Crippen molar-refractivity contribution in [3.8, 4) is 0 Å². The first kappa shape index (κ1) is 17.8. The lowest BCUT2D eigenvalue weighted by Gasteiger charge is -2.34. The van der Waals surface area contributed by atoms with E-state index in [2.05, 4.69) is 10.6 Å². The number of nitrogens with two attached hydrogens (primary N) is 1. The van der Waals surface area contributed by atoms with E-state index in [-0.39, 0.29) is 24.1 Å². The van der Waals surface area contributed by atoms with Gasteiger partial charge in [-0.1, -0.05) is 0 Å². The number of hydrogen-bond donors (Lipinski definition) is 3. The lowest BCUT2D eigenvalue weighted by molar-refractivity contribution is -0.123. The summed E-state index contributed by atoms with van der Waals surface area (Å²) in [7, 11) is 0. The van der Waals surface area contributed by atoms with Crippen LogP contribution in [0.2, 0.25) is 0 Å². The molecule has 0 saturated heterocycles. The first-order valence-electron chi connectivity index (χ1n) is 7.57. The lowest BCUT2D eigenvalue weighted by atomic mass is 9.89. The van der Waals surface area contributed by atoms with E-state index in [9.17, 15) is 9.59 Å². The highest BCUT2D eigenvalue weighted by Gasteiger charge is 2.31. The Balaban J connectivity index is 2.36. The van der Waals surface area contributed by atoms with Crippen molar-refractivity contribution in [2.45, 2.75) is 83.5 Å². The minimum Gasteiger partial charge on any atom is -0.444 e. The molecule has 0 aromatic carbocycles. The SMILES string of the molecule is CC(C)(C)OC(=O)NC1CCC(NC(C)(C)C(N)=O)CC1. The Kier molecular flexibility index (Phi) is 5.61. The summed E-state index contributed by atoms with van der Waals surface area (Å²) in [5.41, 5.74) is 4.19. The Morgan fingerprint density at radius 3 is 1.90 bits per heavy atom. The van der Waals surface area contributed by atoms with Gasteiger partial charge in [0.15, 0.2) is 0 Å². The summed E-state index contributed by atoms with van der Waals surface area (Å²) in [6.07, 6.45) is 3.17. The third-order valence-electron chi connectivity index (χ3n) is 3.63. The van der Waals surface area contributed by atoms with E-state index in [0.717, 1.165) is 25.7 Å². The van der Waals surface area contributed by atoms with Crippen LogP contribution in [-0.4, -0.2) is 35.2 Å². The van der Waals surface area contributed by atoms with Gasteiger partial charge in [0, 0.05) is 12.1 Å². The molecule has 1 saturated carbocycles. The number of carbonyl (C=O) groups excluding carboxylic acids is 2. The van der Waals surface area contributed by atoms with Gasteiger partial charge in [-0.25, -0.2) is 4.79 Å². The summed E-state index contributed by atoms with van der Waals surface area (Å²) in [6.45, 7) is 9.12. The summed E-state index contributed by atoms with van der Waals surface area (Å²) < 4.78 is 5.25. The van der Waals surface area contributed by atoms with Crippen LogP contribution in [0.5, 0.6) is 0 Å². The van der Waals surface area contributed by atoms with Crippen molar-refractivity contribution < 1.29 is 14.3 Å². The molecule has 0 heterocycles. The van der Waals surface area contributed by atoms with E-state index in [1.54, 1.807) is 13.8 Å². The Morgan fingerprint density at radius 1 is 1.00 bits per heavy atom. The molecule has 4 N–H and O–H groups in total. The molecule has 0 spiro atoms. The van der Waals surface area contributed by atoms with Gasteiger partial charge in [0.1, 0.15) is 5.60 Å². The van der Waals surface area contributed by atoms with Gasteiger partial charge < -0.3 is 21.1 Å². The molecule has 21 heavy (non-hydrogen) atoms. The van der Waals surface area contributed by atoms with Crippen molar-refractivity contribution in [3.63, 3.8) is 0 Å². The fourth-order valence-corrected chi connectivity index (χ4v) is 2.44. The molecule has 1 fully saturated rings. The molecule has 0 aliphatic heterocycles. The highest BCUT2D eigenvalue weighted by Crippen LogP contribution is 2.21. The van der Waals surface area contributed by atoms with Crippen molar-refractivity contribution in [2.24, 2.45) is 5.73 Å². The first-order chi connectivity index (χ1) is 9.49. The van der Waals surface area contributed by atoms with Gasteiger partial charge in [-0.3, -0.25) is 4.79 Å². The zero-order chi connectivity index (χ0) is 16.3. The van der Waals surface area contributed by atoms with E-state index >= 15 is 0 Å². The third kappa shape index (κ3) is 6.33. The number of primary amides is 1. The molecule has 0 atom stereocenters. The van der Waals surface area contributed by atoms with Crippen molar-refractivity contribution >= 4 is 12.0 Å². The zero-order valence-electron chi connectivity index (χ0n) is 13.8. The average molecular weight is 299 g/mol. The van der Waals surface area contributed by atoms with Gasteiger partial charge in [0.2, 0.25) is 5.91 Å². The third-order valence-corrected chi connectivity index (χ3v) is 3.63. The van der Waals surface area contributed by atoms with Crippen LogP contribution >= 0.6 is 0 Å². The Labute approximate surface area is 127 Å². The molecular formula is C15H29N3O3. The maximum absolute atomic E-state index is 11.7. The second-order valence-electron chi connectivity index (χ2n) is 7.33. The predicted molar refractivity (Wildman–Crippen MR) is 81.8 cm³/mol. The summed E-state index contributed by atoms with van der Waals surface area (Å²) in [5, 5.41) is 6.19. The summed E-state index contributed by atoms with van der Waals surface area (Å²) in [4.78, 5) is 23.0. The molecule has 0 unspecified atom stereocenters. The number of amides is 2. The molecule has 1 aliphatic carbocycles. The topological polar surface area (TPSA) is 93.4 Å². The molecule has 0 bridgehead atoms. The molecule has 1 rings (SSSR count). The number of ether oxygens (including phenoxy) is 1. The van der Waals surface area contributed by atoms with Crippen LogP contribution in [0, 0.1) is 0 Å². The molecule has 0 aromatic rings. The van der Waals surface area contributed by atoms with Crippen LogP contribution in [0.25, 0.3) is 0 Å². The Bertz CT molecular complexity index is 380. The highest BCUT2D eigenvalue weighted by molar-refractivity contribution is 5.83. The van der Waals surface area contributed by atoms with Crippen molar-refractivity contribution in [1.82, 2.24) is 10.6 Å². The minimum atomic E-state index is -0.698. The smallest absolute Gasteiger partial charge is 0.407 e. The lowest BCUT2D eigenvalue weighted by Crippen LogP contribution is -2.56. The van der Waals surface area contributed by atoms with Crippen molar-refractivity contribution in [2.75, 3.05) is 0 Å². The number of nitrogens with one attached hydrogen (secondary N) is 2. The normalized spacial score (nSPS) is 23.5. The Morgan fingerprint density at radius 2 is 1.48 bits per heavy atom. The van der Waals surface area contributed by atoms with Crippen LogP contribution in [0.1, 0.15) is 60.3 Å². The molecule has 122 valence electrons. The van der Waals surface area contributed by atoms with Gasteiger partial charge >= 0.3 is 6.09 Å². The van der Waals surface area contributed by atoms with Gasteiger partial charge in [0.05, 0.1) is 5.54 Å². The maximum atomic E-state index is 11.7. The van der Waals surface area contributed by atoms with Crippen LogP contribution in [0.15, 0.2) is 0 Å². The van der Waals surface area contributed by atoms with Crippen LogP contribution in [0.4, 0.5) is 4.79 Å². The van der Waals surface area contributed by atoms with E-state index in [0.29, 0.717) is 0 Å². The van der Waals surface area contributed by atoms with Crippen molar-refractivity contribution in [1.29, 1.82) is 0 Å². The standard InChI is InChI=1S/C15H29N3O3/c1-14(2,3)21-13(20)17-10-6-8-11(9-7-10)18-15(4,5)12(16)19/h10-11,18H,6-9H2,1-5H3,(H2,16,19)(H,17,20). The monoisotopic (exact) mass is 299 g/mol. The fraction of sp³-hybridized carbons (Fsp3) is 0.867. The number of carbonyl (C=O) groups is 2. The van der Waals surface area contributed by atoms with E-state index < -0.39 is 11.1 Å². The molecule has 0 radical (unpaired) electrons. The quantitative estimate of drug-likeness (QED) is 0.736. The van der Waals surface area contributed by atoms with Crippen LogP contribution in [-0.2, 0) is 9.53 Å². The maximum Gasteiger partial charge on any atom is 0.407 e. The molecular weight excluding hydrogens is 270 g/mol. The summed E-state index contributed by atoms with van der Waals surface area (Å²) >= 11 is 0. The first-order valence-corrected chi connectivity index (χ1v) is 7.57. The number of hydrogen-bond acceptors (Lipinski definition) is 4. The Hall–Kier alpha value is -1.30. The molecule has 0 aromatic heterocycles.